The number of aromatic nitrogens is 3. The van der Waals surface area contributed by atoms with Crippen LogP contribution < -0.4 is 0 Å². The highest BCUT2D eigenvalue weighted by Gasteiger charge is 2.01. The predicted octanol–water partition coefficient (Wildman–Crippen LogP) is 1.28. The molecule has 0 bridgehead atoms. The Labute approximate surface area is 68.9 Å². The molecular weight excluding hydrogens is 152 g/mol. The summed E-state index contributed by atoms with van der Waals surface area (Å²) in [5, 5.41) is 15.1. The molecule has 0 spiro atoms. The predicted molar refractivity (Wildman–Crippen MR) is 43.1 cm³/mol. The first kappa shape index (κ1) is 6.68. The van der Waals surface area contributed by atoms with Gasteiger partial charge in [-0.1, -0.05) is 0 Å². The lowest BCUT2D eigenvalue weighted by Crippen LogP contribution is -1.72. The van der Waals surface area contributed by atoms with Crippen LogP contribution in [-0.4, -0.2) is 15.2 Å². The van der Waals surface area contributed by atoms with Gasteiger partial charge < -0.3 is 4.98 Å². The lowest BCUT2D eigenvalue weighted by Gasteiger charge is -1.85. The first-order valence-corrected chi connectivity index (χ1v) is 3.49. The summed E-state index contributed by atoms with van der Waals surface area (Å²) in [5.74, 6) is 0. The molecule has 2 aromatic rings. The number of H-pyrrole nitrogens is 2. The van der Waals surface area contributed by atoms with Gasteiger partial charge in [-0.3, -0.25) is 5.10 Å². The molecule has 0 saturated carbocycles. The lowest BCUT2D eigenvalue weighted by molar-refractivity contribution is 1.08. The van der Waals surface area contributed by atoms with E-state index in [1.165, 1.54) is 0 Å². The molecule has 0 unspecified atom stereocenters. The number of nitrogens with one attached hydrogen (secondary N) is 2. The van der Waals surface area contributed by atoms with Crippen LogP contribution >= 0.6 is 0 Å². The standard InChI is InChI=1S/C8H6N4/c9-4-7-3-8(12-11-7)6-1-2-10-5-6/h1-3,5,10H,(H,11,12). The van der Waals surface area contributed by atoms with Gasteiger partial charge in [-0.05, 0) is 6.07 Å². The monoisotopic (exact) mass is 158 g/mol. The first-order valence-electron chi connectivity index (χ1n) is 3.49. The third kappa shape index (κ3) is 0.974. The number of nitrogens with zero attached hydrogens (tertiary/aromatic N) is 2. The molecular formula is C8H6N4. The second-order valence-electron chi connectivity index (χ2n) is 2.38. The van der Waals surface area contributed by atoms with Gasteiger partial charge in [0, 0.05) is 24.0 Å². The second kappa shape index (κ2) is 2.55. The summed E-state index contributed by atoms with van der Waals surface area (Å²) in [6.45, 7) is 0. The van der Waals surface area contributed by atoms with Crippen molar-refractivity contribution in [3.63, 3.8) is 0 Å². The van der Waals surface area contributed by atoms with Crippen LogP contribution in [0.2, 0.25) is 0 Å². The first-order chi connectivity index (χ1) is 5.90. The Balaban J connectivity index is 2.44. The van der Waals surface area contributed by atoms with Crippen molar-refractivity contribution in [2.24, 2.45) is 0 Å². The number of hydrogen-bond donors (Lipinski definition) is 2. The van der Waals surface area contributed by atoms with Gasteiger partial charge >= 0.3 is 0 Å². The van der Waals surface area contributed by atoms with Crippen LogP contribution in [0, 0.1) is 11.3 Å². The topological polar surface area (TPSA) is 68.3 Å². The number of aromatic amines is 2. The van der Waals surface area contributed by atoms with Crippen molar-refractivity contribution in [3.05, 3.63) is 30.2 Å². The third-order valence-corrected chi connectivity index (χ3v) is 1.60. The molecule has 0 radical (unpaired) electrons. The summed E-state index contributed by atoms with van der Waals surface area (Å²) in [7, 11) is 0. The van der Waals surface area contributed by atoms with Crippen LogP contribution in [0.4, 0.5) is 0 Å². The molecule has 0 aliphatic rings. The van der Waals surface area contributed by atoms with Crippen LogP contribution in [0.1, 0.15) is 5.69 Å². The molecule has 2 rings (SSSR count). The largest absolute Gasteiger partial charge is 0.367 e. The van der Waals surface area contributed by atoms with Crippen LogP contribution in [-0.2, 0) is 0 Å². The maximum atomic E-state index is 8.51. The van der Waals surface area contributed by atoms with E-state index in [-0.39, 0.29) is 0 Å². The Kier molecular flexibility index (Phi) is 1.42. The van der Waals surface area contributed by atoms with Crippen LogP contribution in [0.15, 0.2) is 24.5 Å². The maximum Gasteiger partial charge on any atom is 0.162 e. The lowest BCUT2D eigenvalue weighted by atomic mass is 10.2. The zero-order valence-corrected chi connectivity index (χ0v) is 6.20. The quantitative estimate of drug-likeness (QED) is 0.656. The molecule has 2 aromatic heterocycles. The average molecular weight is 158 g/mol. The Hall–Kier alpha value is -2.02. The van der Waals surface area contributed by atoms with Gasteiger partial charge in [0.25, 0.3) is 0 Å². The van der Waals surface area contributed by atoms with E-state index in [4.69, 9.17) is 5.26 Å². The van der Waals surface area contributed by atoms with E-state index in [1.54, 1.807) is 6.07 Å². The van der Waals surface area contributed by atoms with Crippen LogP contribution in [0.3, 0.4) is 0 Å². The van der Waals surface area contributed by atoms with Crippen molar-refractivity contribution in [1.29, 1.82) is 5.26 Å². The molecule has 0 atom stereocenters. The van der Waals surface area contributed by atoms with Crippen molar-refractivity contribution in [2.45, 2.75) is 0 Å². The Morgan fingerprint density at radius 2 is 2.42 bits per heavy atom. The molecule has 12 heavy (non-hydrogen) atoms. The fourth-order valence-electron chi connectivity index (χ4n) is 1.02. The van der Waals surface area contributed by atoms with Gasteiger partial charge in [0.15, 0.2) is 5.69 Å². The van der Waals surface area contributed by atoms with Crippen molar-refractivity contribution in [3.8, 4) is 17.3 Å². The fraction of sp³-hybridized carbons (Fsp3) is 0. The molecule has 4 nitrogen and oxygen atoms in total. The molecule has 58 valence electrons. The van der Waals surface area contributed by atoms with Gasteiger partial charge in [0.2, 0.25) is 0 Å². The number of hydrogen-bond acceptors (Lipinski definition) is 2. The van der Waals surface area contributed by atoms with E-state index in [1.807, 2.05) is 24.5 Å². The fourth-order valence-corrected chi connectivity index (χ4v) is 1.02. The van der Waals surface area contributed by atoms with Crippen molar-refractivity contribution in [2.75, 3.05) is 0 Å². The molecule has 2 N–H and O–H groups in total. The molecule has 2 heterocycles. The summed E-state index contributed by atoms with van der Waals surface area (Å²) in [6.07, 6.45) is 3.66. The zero-order chi connectivity index (χ0) is 8.39. The Bertz CT molecular complexity index is 404. The molecule has 4 heteroatoms. The van der Waals surface area contributed by atoms with Crippen LogP contribution in [0.25, 0.3) is 11.3 Å². The Morgan fingerprint density at radius 3 is 3.00 bits per heavy atom. The van der Waals surface area contributed by atoms with Gasteiger partial charge in [0.1, 0.15) is 6.07 Å². The van der Waals surface area contributed by atoms with E-state index in [2.05, 4.69) is 15.2 Å². The number of nitriles is 1. The highest BCUT2D eigenvalue weighted by atomic mass is 15.1. The van der Waals surface area contributed by atoms with Crippen molar-refractivity contribution >= 4 is 0 Å². The van der Waals surface area contributed by atoms with Gasteiger partial charge in [-0.25, -0.2) is 0 Å². The van der Waals surface area contributed by atoms with E-state index < -0.39 is 0 Å². The summed E-state index contributed by atoms with van der Waals surface area (Å²) in [6, 6.07) is 5.58. The van der Waals surface area contributed by atoms with E-state index >= 15 is 0 Å². The van der Waals surface area contributed by atoms with E-state index in [0.29, 0.717) is 5.69 Å². The highest BCUT2D eigenvalue weighted by Crippen LogP contribution is 2.15. The smallest absolute Gasteiger partial charge is 0.162 e. The van der Waals surface area contributed by atoms with E-state index in [9.17, 15) is 0 Å². The molecule has 0 saturated heterocycles. The SMILES string of the molecule is N#Cc1cc(-c2cc[nH]c2)[nH]n1. The molecule has 0 fully saturated rings. The van der Waals surface area contributed by atoms with Crippen molar-refractivity contribution in [1.82, 2.24) is 15.2 Å². The summed E-state index contributed by atoms with van der Waals surface area (Å²) in [4.78, 5) is 2.92. The van der Waals surface area contributed by atoms with Gasteiger partial charge in [-0.15, -0.1) is 0 Å². The average Bonchev–Trinajstić information content (AvgIpc) is 2.75. The van der Waals surface area contributed by atoms with Gasteiger partial charge in [0.05, 0.1) is 5.69 Å². The highest BCUT2D eigenvalue weighted by molar-refractivity contribution is 5.58. The molecule has 0 amide bonds. The maximum absolute atomic E-state index is 8.51. The Morgan fingerprint density at radius 1 is 1.50 bits per heavy atom. The zero-order valence-electron chi connectivity index (χ0n) is 6.20. The number of rotatable bonds is 1. The van der Waals surface area contributed by atoms with Crippen LogP contribution in [0.5, 0.6) is 0 Å². The molecule has 0 aliphatic carbocycles. The minimum Gasteiger partial charge on any atom is -0.367 e. The van der Waals surface area contributed by atoms with E-state index in [0.717, 1.165) is 11.3 Å². The minimum atomic E-state index is 0.409. The normalized spacial score (nSPS) is 9.58. The summed E-state index contributed by atoms with van der Waals surface area (Å²) in [5.41, 5.74) is 2.27. The summed E-state index contributed by atoms with van der Waals surface area (Å²) < 4.78 is 0. The second-order valence-corrected chi connectivity index (χ2v) is 2.38. The van der Waals surface area contributed by atoms with Gasteiger partial charge in [-0.2, -0.15) is 10.4 Å². The summed E-state index contributed by atoms with van der Waals surface area (Å²) >= 11 is 0. The van der Waals surface area contributed by atoms with Crippen molar-refractivity contribution < 1.29 is 0 Å². The third-order valence-electron chi connectivity index (χ3n) is 1.60. The minimum absolute atomic E-state index is 0.409. The molecule has 0 aliphatic heterocycles. The molecule has 0 aromatic carbocycles.